The summed E-state index contributed by atoms with van der Waals surface area (Å²) in [6.45, 7) is 4.32. The van der Waals surface area contributed by atoms with Gasteiger partial charge in [-0.15, -0.1) is 0 Å². The Labute approximate surface area is 152 Å². The summed E-state index contributed by atoms with van der Waals surface area (Å²) in [5.41, 5.74) is 4.13. The standard InChI is InChI=1S/C23H21NO2/c1-23(2)12-17-21(18(25)13-23)22(19-8-5-11-26-19)20-15-7-4-3-6-14(15)9-10-16(20)24-17/h3-11,22,24H,12-13H2,1-2H3. The van der Waals surface area contributed by atoms with Crippen molar-refractivity contribution in [3.05, 3.63) is 77.4 Å². The number of fused-ring (bicyclic) bond motifs is 3. The van der Waals surface area contributed by atoms with E-state index < -0.39 is 0 Å². The van der Waals surface area contributed by atoms with Gasteiger partial charge in [-0.1, -0.05) is 44.2 Å². The normalized spacial score (nSPS) is 21.3. The first-order valence-electron chi connectivity index (χ1n) is 9.12. The van der Waals surface area contributed by atoms with Crippen LogP contribution in [0.2, 0.25) is 0 Å². The fourth-order valence-corrected chi connectivity index (χ4v) is 4.54. The van der Waals surface area contributed by atoms with Crippen molar-refractivity contribution >= 4 is 22.2 Å². The first-order valence-corrected chi connectivity index (χ1v) is 9.12. The molecule has 3 aromatic rings. The zero-order valence-corrected chi connectivity index (χ0v) is 15.0. The largest absolute Gasteiger partial charge is 0.468 e. The van der Waals surface area contributed by atoms with E-state index in [4.69, 9.17) is 4.42 Å². The molecule has 1 N–H and O–H groups in total. The van der Waals surface area contributed by atoms with Gasteiger partial charge >= 0.3 is 0 Å². The Bertz CT molecular complexity index is 1060. The lowest BCUT2D eigenvalue weighted by Gasteiger charge is -2.39. The molecule has 26 heavy (non-hydrogen) atoms. The number of benzene rings is 2. The predicted octanol–water partition coefficient (Wildman–Crippen LogP) is 5.63. The Morgan fingerprint density at radius 1 is 1.04 bits per heavy atom. The van der Waals surface area contributed by atoms with Crippen LogP contribution in [0.5, 0.6) is 0 Å². The summed E-state index contributed by atoms with van der Waals surface area (Å²) >= 11 is 0. The summed E-state index contributed by atoms with van der Waals surface area (Å²) in [6, 6.07) is 16.5. The van der Waals surface area contributed by atoms with E-state index in [1.165, 1.54) is 10.8 Å². The highest BCUT2D eigenvalue weighted by Gasteiger charge is 2.42. The van der Waals surface area contributed by atoms with E-state index in [-0.39, 0.29) is 17.1 Å². The number of hydrogen-bond donors (Lipinski definition) is 1. The van der Waals surface area contributed by atoms with Crippen molar-refractivity contribution in [3.63, 3.8) is 0 Å². The molecule has 0 radical (unpaired) electrons. The SMILES string of the molecule is CC1(C)CC(=O)C2=C(C1)Nc1ccc3ccccc3c1C2c1ccco1. The van der Waals surface area contributed by atoms with Gasteiger partial charge in [0.15, 0.2) is 5.78 Å². The number of hydrogen-bond acceptors (Lipinski definition) is 3. The van der Waals surface area contributed by atoms with Crippen LogP contribution in [0, 0.1) is 5.41 Å². The number of furan rings is 1. The van der Waals surface area contributed by atoms with Crippen molar-refractivity contribution < 1.29 is 9.21 Å². The van der Waals surface area contributed by atoms with Crippen LogP contribution < -0.4 is 5.32 Å². The minimum atomic E-state index is -0.147. The third-order valence-electron chi connectivity index (χ3n) is 5.58. The molecular formula is C23H21NO2. The van der Waals surface area contributed by atoms with Gasteiger partial charge in [0.1, 0.15) is 5.76 Å². The molecule has 1 atom stereocenters. The molecule has 1 aliphatic heterocycles. The number of allylic oxidation sites excluding steroid dienone is 2. The first-order chi connectivity index (χ1) is 12.5. The van der Waals surface area contributed by atoms with Gasteiger partial charge in [-0.25, -0.2) is 0 Å². The van der Waals surface area contributed by atoms with Gasteiger partial charge in [-0.3, -0.25) is 4.79 Å². The van der Waals surface area contributed by atoms with E-state index in [1.54, 1.807) is 6.26 Å². The monoisotopic (exact) mass is 343 g/mol. The van der Waals surface area contributed by atoms with Crippen molar-refractivity contribution in [1.82, 2.24) is 0 Å². The summed E-state index contributed by atoms with van der Waals surface area (Å²) in [5, 5.41) is 5.93. The van der Waals surface area contributed by atoms with Gasteiger partial charge in [-0.05, 0) is 46.4 Å². The summed E-state index contributed by atoms with van der Waals surface area (Å²) in [7, 11) is 0. The maximum atomic E-state index is 13.2. The molecule has 0 bridgehead atoms. The van der Waals surface area contributed by atoms with E-state index >= 15 is 0 Å². The smallest absolute Gasteiger partial charge is 0.162 e. The second-order valence-electron chi connectivity index (χ2n) is 8.15. The van der Waals surface area contributed by atoms with Gasteiger partial charge < -0.3 is 9.73 Å². The van der Waals surface area contributed by atoms with Crippen LogP contribution in [0.15, 0.2) is 70.5 Å². The van der Waals surface area contributed by atoms with Crippen molar-refractivity contribution in [2.75, 3.05) is 5.32 Å². The van der Waals surface area contributed by atoms with Gasteiger partial charge in [0.05, 0.1) is 12.2 Å². The summed E-state index contributed by atoms with van der Waals surface area (Å²) in [6.07, 6.45) is 3.14. The fraction of sp³-hybridized carbons (Fsp3) is 0.261. The van der Waals surface area contributed by atoms with Crippen molar-refractivity contribution in [2.24, 2.45) is 5.41 Å². The lowest BCUT2D eigenvalue weighted by Crippen LogP contribution is -2.33. The fourth-order valence-electron chi connectivity index (χ4n) is 4.54. The van der Waals surface area contributed by atoms with E-state index in [1.807, 2.05) is 18.2 Å². The first kappa shape index (κ1) is 15.4. The number of carbonyl (C=O) groups excluding carboxylic acids is 1. The maximum absolute atomic E-state index is 13.2. The lowest BCUT2D eigenvalue weighted by atomic mass is 9.69. The minimum Gasteiger partial charge on any atom is -0.468 e. The number of carbonyl (C=O) groups is 1. The molecule has 3 nitrogen and oxygen atoms in total. The van der Waals surface area contributed by atoms with Crippen LogP contribution in [-0.2, 0) is 4.79 Å². The highest BCUT2D eigenvalue weighted by molar-refractivity contribution is 6.04. The summed E-state index contributed by atoms with van der Waals surface area (Å²) in [5.74, 6) is 0.916. The van der Waals surface area contributed by atoms with Crippen molar-refractivity contribution in [3.8, 4) is 0 Å². The van der Waals surface area contributed by atoms with E-state index in [0.717, 1.165) is 34.7 Å². The second-order valence-corrected chi connectivity index (χ2v) is 8.15. The molecule has 3 heteroatoms. The molecule has 2 heterocycles. The number of rotatable bonds is 1. The number of anilines is 1. The van der Waals surface area contributed by atoms with Crippen LogP contribution in [0.3, 0.4) is 0 Å². The minimum absolute atomic E-state index is 0.0228. The Hall–Kier alpha value is -2.81. The van der Waals surface area contributed by atoms with Crippen molar-refractivity contribution in [1.29, 1.82) is 0 Å². The molecule has 130 valence electrons. The van der Waals surface area contributed by atoms with Crippen molar-refractivity contribution in [2.45, 2.75) is 32.6 Å². The third-order valence-corrected chi connectivity index (χ3v) is 5.58. The van der Waals surface area contributed by atoms with Crippen LogP contribution in [0.25, 0.3) is 10.8 Å². The van der Waals surface area contributed by atoms with E-state index in [2.05, 4.69) is 49.5 Å². The average molecular weight is 343 g/mol. The van der Waals surface area contributed by atoms with Gasteiger partial charge in [0, 0.05) is 23.4 Å². The molecule has 1 unspecified atom stereocenters. The predicted molar refractivity (Wildman–Crippen MR) is 103 cm³/mol. The Morgan fingerprint density at radius 3 is 2.69 bits per heavy atom. The topological polar surface area (TPSA) is 42.2 Å². The van der Waals surface area contributed by atoms with E-state index in [0.29, 0.717) is 6.42 Å². The molecule has 1 aromatic heterocycles. The molecule has 0 fully saturated rings. The van der Waals surface area contributed by atoms with Crippen LogP contribution >= 0.6 is 0 Å². The van der Waals surface area contributed by atoms with E-state index in [9.17, 15) is 4.79 Å². The molecule has 2 aromatic carbocycles. The maximum Gasteiger partial charge on any atom is 0.162 e. The van der Waals surface area contributed by atoms with Crippen LogP contribution in [0.4, 0.5) is 5.69 Å². The Kier molecular flexibility index (Phi) is 3.17. The number of ketones is 1. The van der Waals surface area contributed by atoms with Gasteiger partial charge in [0.2, 0.25) is 0 Å². The molecule has 1 aliphatic carbocycles. The molecule has 0 saturated carbocycles. The number of Topliss-reactive ketones (excluding diaryl/α,β-unsaturated/α-hetero) is 1. The second kappa shape index (κ2) is 5.34. The highest BCUT2D eigenvalue weighted by Crippen LogP contribution is 2.50. The van der Waals surface area contributed by atoms with Gasteiger partial charge in [-0.2, -0.15) is 0 Å². The lowest BCUT2D eigenvalue weighted by molar-refractivity contribution is -0.118. The summed E-state index contributed by atoms with van der Waals surface area (Å²) < 4.78 is 5.81. The molecule has 0 saturated heterocycles. The molecule has 5 rings (SSSR count). The van der Waals surface area contributed by atoms with Gasteiger partial charge in [0.25, 0.3) is 0 Å². The summed E-state index contributed by atoms with van der Waals surface area (Å²) in [4.78, 5) is 13.2. The molecule has 0 amide bonds. The third kappa shape index (κ3) is 2.23. The quantitative estimate of drug-likeness (QED) is 0.622. The van der Waals surface area contributed by atoms with Crippen LogP contribution in [-0.4, -0.2) is 5.78 Å². The number of nitrogens with one attached hydrogen (secondary N) is 1. The van der Waals surface area contributed by atoms with Crippen LogP contribution in [0.1, 0.15) is 43.9 Å². The highest BCUT2D eigenvalue weighted by atomic mass is 16.3. The Balaban J connectivity index is 1.82. The molecular weight excluding hydrogens is 322 g/mol. The molecule has 0 spiro atoms. The zero-order valence-electron chi connectivity index (χ0n) is 15.0. The average Bonchev–Trinajstić information content (AvgIpc) is 3.13. The zero-order chi connectivity index (χ0) is 17.9. The molecule has 2 aliphatic rings. The Morgan fingerprint density at radius 2 is 1.88 bits per heavy atom.